The SMILES string of the molecule is Cc1cc(C)c(Nc2cnc(C(=O)NC3CCCCC3)cn2)c(Cl)c1. The summed E-state index contributed by atoms with van der Waals surface area (Å²) in [5, 5.41) is 6.86. The molecule has 0 radical (unpaired) electrons. The molecule has 1 amide bonds. The Balaban J connectivity index is 1.67. The second-order valence-electron chi connectivity index (χ2n) is 6.66. The van der Waals surface area contributed by atoms with Gasteiger partial charge in [-0.05, 0) is 43.9 Å². The quantitative estimate of drug-likeness (QED) is 0.841. The molecule has 25 heavy (non-hydrogen) atoms. The van der Waals surface area contributed by atoms with Gasteiger partial charge in [0.1, 0.15) is 11.5 Å². The maximum atomic E-state index is 12.3. The van der Waals surface area contributed by atoms with Gasteiger partial charge in [-0.15, -0.1) is 0 Å². The van der Waals surface area contributed by atoms with E-state index in [0.717, 1.165) is 29.7 Å². The van der Waals surface area contributed by atoms with Crippen molar-refractivity contribution in [3.63, 3.8) is 0 Å². The molecule has 0 unspecified atom stereocenters. The second-order valence-corrected chi connectivity index (χ2v) is 7.07. The fourth-order valence-corrected chi connectivity index (χ4v) is 3.59. The molecule has 6 heteroatoms. The number of halogens is 1. The van der Waals surface area contributed by atoms with Crippen LogP contribution in [0.25, 0.3) is 0 Å². The summed E-state index contributed by atoms with van der Waals surface area (Å²) in [6.07, 6.45) is 8.76. The monoisotopic (exact) mass is 358 g/mol. The molecular weight excluding hydrogens is 336 g/mol. The normalized spacial score (nSPS) is 15.0. The Bertz CT molecular complexity index is 732. The standard InChI is InChI=1S/C19H23ClN4O/c1-12-8-13(2)18(15(20)9-12)24-17-11-21-16(10-22-17)19(25)23-14-6-4-3-5-7-14/h8-11,14H,3-7H2,1-2H3,(H,22,24)(H,23,25). The maximum Gasteiger partial charge on any atom is 0.271 e. The largest absolute Gasteiger partial charge is 0.348 e. The van der Waals surface area contributed by atoms with E-state index in [1.165, 1.54) is 25.5 Å². The third-order valence-corrected chi connectivity index (χ3v) is 4.81. The highest BCUT2D eigenvalue weighted by molar-refractivity contribution is 6.33. The zero-order valence-electron chi connectivity index (χ0n) is 14.6. The zero-order valence-corrected chi connectivity index (χ0v) is 15.4. The van der Waals surface area contributed by atoms with Gasteiger partial charge in [0, 0.05) is 6.04 Å². The van der Waals surface area contributed by atoms with E-state index in [9.17, 15) is 4.79 Å². The Kier molecular flexibility index (Phi) is 5.53. The third-order valence-electron chi connectivity index (χ3n) is 4.51. The lowest BCUT2D eigenvalue weighted by molar-refractivity contribution is 0.0922. The smallest absolute Gasteiger partial charge is 0.271 e. The molecule has 2 aromatic rings. The van der Waals surface area contributed by atoms with Gasteiger partial charge in [0.25, 0.3) is 5.91 Å². The Morgan fingerprint density at radius 2 is 1.88 bits per heavy atom. The zero-order chi connectivity index (χ0) is 17.8. The highest BCUT2D eigenvalue weighted by atomic mass is 35.5. The van der Waals surface area contributed by atoms with E-state index in [4.69, 9.17) is 11.6 Å². The van der Waals surface area contributed by atoms with E-state index in [2.05, 4.69) is 20.6 Å². The van der Waals surface area contributed by atoms with Gasteiger partial charge in [0.05, 0.1) is 23.1 Å². The first-order valence-corrected chi connectivity index (χ1v) is 9.07. The van der Waals surface area contributed by atoms with Crippen molar-refractivity contribution in [2.45, 2.75) is 52.0 Å². The first-order chi connectivity index (χ1) is 12.0. The Labute approximate surface area is 153 Å². The van der Waals surface area contributed by atoms with Crippen molar-refractivity contribution in [3.05, 3.63) is 46.4 Å². The lowest BCUT2D eigenvalue weighted by atomic mass is 9.95. The minimum atomic E-state index is -0.157. The van der Waals surface area contributed by atoms with E-state index >= 15 is 0 Å². The molecule has 1 saturated carbocycles. The van der Waals surface area contributed by atoms with Gasteiger partial charge in [-0.2, -0.15) is 0 Å². The minimum Gasteiger partial charge on any atom is -0.348 e. The fourth-order valence-electron chi connectivity index (χ4n) is 3.22. The van der Waals surface area contributed by atoms with Gasteiger partial charge in [0.15, 0.2) is 0 Å². The van der Waals surface area contributed by atoms with Crippen molar-refractivity contribution in [1.29, 1.82) is 0 Å². The van der Waals surface area contributed by atoms with Gasteiger partial charge in [-0.25, -0.2) is 9.97 Å². The highest BCUT2D eigenvalue weighted by Crippen LogP contribution is 2.29. The number of aromatic nitrogens is 2. The number of nitrogens with one attached hydrogen (secondary N) is 2. The van der Waals surface area contributed by atoms with Crippen LogP contribution in [0.1, 0.15) is 53.7 Å². The van der Waals surface area contributed by atoms with Crippen LogP contribution in [-0.4, -0.2) is 21.9 Å². The van der Waals surface area contributed by atoms with Crippen molar-refractivity contribution < 1.29 is 4.79 Å². The van der Waals surface area contributed by atoms with Gasteiger partial charge in [0.2, 0.25) is 0 Å². The summed E-state index contributed by atoms with van der Waals surface area (Å²) < 4.78 is 0. The van der Waals surface area contributed by atoms with Crippen molar-refractivity contribution in [1.82, 2.24) is 15.3 Å². The average Bonchev–Trinajstić information content (AvgIpc) is 2.59. The number of rotatable bonds is 4. The number of carbonyl (C=O) groups is 1. The summed E-state index contributed by atoms with van der Waals surface area (Å²) in [6.45, 7) is 3.99. The lowest BCUT2D eigenvalue weighted by Gasteiger charge is -2.22. The first-order valence-electron chi connectivity index (χ1n) is 8.69. The second kappa shape index (κ2) is 7.83. The molecule has 0 spiro atoms. The van der Waals surface area contributed by atoms with E-state index in [-0.39, 0.29) is 11.9 Å². The molecule has 0 aliphatic heterocycles. The predicted molar refractivity (Wildman–Crippen MR) is 101 cm³/mol. The van der Waals surface area contributed by atoms with E-state index in [1.807, 2.05) is 26.0 Å². The molecule has 1 fully saturated rings. The molecule has 0 bridgehead atoms. The van der Waals surface area contributed by atoms with Gasteiger partial charge in [-0.3, -0.25) is 4.79 Å². The summed E-state index contributed by atoms with van der Waals surface area (Å²) >= 11 is 6.30. The van der Waals surface area contributed by atoms with Crippen molar-refractivity contribution in [2.24, 2.45) is 0 Å². The highest BCUT2D eigenvalue weighted by Gasteiger charge is 2.17. The molecule has 1 heterocycles. The third kappa shape index (κ3) is 4.48. The predicted octanol–water partition coefficient (Wildman–Crippen LogP) is 4.55. The van der Waals surface area contributed by atoms with Crippen LogP contribution in [0.15, 0.2) is 24.5 Å². The summed E-state index contributed by atoms with van der Waals surface area (Å²) in [4.78, 5) is 20.8. The van der Waals surface area contributed by atoms with Crippen LogP contribution in [0.5, 0.6) is 0 Å². The van der Waals surface area contributed by atoms with E-state index in [0.29, 0.717) is 16.5 Å². The first kappa shape index (κ1) is 17.7. The van der Waals surface area contributed by atoms with Crippen LogP contribution in [0.2, 0.25) is 5.02 Å². The lowest BCUT2D eigenvalue weighted by Crippen LogP contribution is -2.36. The minimum absolute atomic E-state index is 0.157. The van der Waals surface area contributed by atoms with Gasteiger partial charge >= 0.3 is 0 Å². The average molecular weight is 359 g/mol. The van der Waals surface area contributed by atoms with Crippen LogP contribution in [0.3, 0.4) is 0 Å². The number of anilines is 2. The van der Waals surface area contributed by atoms with Crippen molar-refractivity contribution >= 4 is 29.0 Å². The van der Waals surface area contributed by atoms with Crippen LogP contribution in [0.4, 0.5) is 11.5 Å². The summed E-state index contributed by atoms with van der Waals surface area (Å²) in [5.41, 5.74) is 3.28. The van der Waals surface area contributed by atoms with Crippen LogP contribution >= 0.6 is 11.6 Å². The number of hydrogen-bond donors (Lipinski definition) is 2. The number of benzene rings is 1. The Hall–Kier alpha value is -2.14. The Morgan fingerprint density at radius 1 is 1.12 bits per heavy atom. The topological polar surface area (TPSA) is 66.9 Å². The summed E-state index contributed by atoms with van der Waals surface area (Å²) in [6, 6.07) is 4.21. The van der Waals surface area contributed by atoms with Crippen LogP contribution < -0.4 is 10.6 Å². The maximum absolute atomic E-state index is 12.3. The summed E-state index contributed by atoms with van der Waals surface area (Å²) in [7, 11) is 0. The number of amides is 1. The van der Waals surface area contributed by atoms with Crippen LogP contribution in [0, 0.1) is 13.8 Å². The molecule has 1 aromatic carbocycles. The van der Waals surface area contributed by atoms with Crippen molar-refractivity contribution in [2.75, 3.05) is 5.32 Å². The molecule has 3 rings (SSSR count). The van der Waals surface area contributed by atoms with Gasteiger partial charge in [-0.1, -0.05) is 36.9 Å². The molecule has 5 nitrogen and oxygen atoms in total. The fraction of sp³-hybridized carbons (Fsp3) is 0.421. The molecule has 0 atom stereocenters. The van der Waals surface area contributed by atoms with Crippen molar-refractivity contribution in [3.8, 4) is 0 Å². The number of hydrogen-bond acceptors (Lipinski definition) is 4. The molecular formula is C19H23ClN4O. The Morgan fingerprint density at radius 3 is 2.52 bits per heavy atom. The molecule has 132 valence electrons. The molecule has 1 aliphatic rings. The molecule has 0 saturated heterocycles. The number of carbonyl (C=O) groups excluding carboxylic acids is 1. The molecule has 2 N–H and O–H groups in total. The summed E-state index contributed by atoms with van der Waals surface area (Å²) in [5.74, 6) is 0.401. The van der Waals surface area contributed by atoms with Gasteiger partial charge < -0.3 is 10.6 Å². The number of aryl methyl sites for hydroxylation is 2. The van der Waals surface area contributed by atoms with E-state index in [1.54, 1.807) is 6.20 Å². The number of nitrogens with zero attached hydrogens (tertiary/aromatic N) is 2. The molecule has 1 aliphatic carbocycles. The van der Waals surface area contributed by atoms with Crippen LogP contribution in [-0.2, 0) is 0 Å². The molecule has 1 aromatic heterocycles. The van der Waals surface area contributed by atoms with E-state index < -0.39 is 0 Å².